The molecular formula is C9H21N3O. The molecule has 0 fully saturated rings. The summed E-state index contributed by atoms with van der Waals surface area (Å²) in [5.41, 5.74) is 5.61. The maximum absolute atomic E-state index is 8.81. The van der Waals surface area contributed by atoms with E-state index in [1.165, 1.54) is 0 Å². The van der Waals surface area contributed by atoms with Crippen molar-refractivity contribution in [1.82, 2.24) is 5.32 Å². The summed E-state index contributed by atoms with van der Waals surface area (Å²) in [6.07, 6.45) is 0.706. The van der Waals surface area contributed by atoms with Gasteiger partial charge in [0.2, 0.25) is 0 Å². The van der Waals surface area contributed by atoms with Gasteiger partial charge in [-0.1, -0.05) is 13.8 Å². The highest BCUT2D eigenvalue weighted by Gasteiger charge is 2.12. The number of nitrogens with two attached hydrogens (primary N) is 1. The number of hydrogen-bond acceptors (Lipinski definition) is 2. The molecule has 13 heavy (non-hydrogen) atoms. The number of aliphatic imine (C=N–C) groups is 1. The first-order valence-corrected chi connectivity index (χ1v) is 4.79. The molecule has 0 bridgehead atoms. The molecule has 1 atom stereocenters. The topological polar surface area (TPSA) is 70.6 Å². The number of aliphatic hydroxyl groups is 1. The Labute approximate surface area is 80.2 Å². The van der Waals surface area contributed by atoms with Crippen LogP contribution in [0, 0.1) is 5.92 Å². The first kappa shape index (κ1) is 12.2. The van der Waals surface area contributed by atoms with Crippen LogP contribution in [0.4, 0.5) is 0 Å². The molecule has 0 aromatic carbocycles. The van der Waals surface area contributed by atoms with Crippen LogP contribution in [-0.4, -0.2) is 30.3 Å². The first-order valence-electron chi connectivity index (χ1n) is 4.79. The Morgan fingerprint density at radius 1 is 1.54 bits per heavy atom. The van der Waals surface area contributed by atoms with Crippen LogP contribution < -0.4 is 11.1 Å². The zero-order valence-corrected chi connectivity index (χ0v) is 8.75. The highest BCUT2D eigenvalue weighted by atomic mass is 16.3. The Kier molecular flexibility index (Phi) is 6.32. The van der Waals surface area contributed by atoms with E-state index in [9.17, 15) is 0 Å². The molecule has 0 rings (SSSR count). The third-order valence-electron chi connectivity index (χ3n) is 1.91. The molecule has 0 aliphatic carbocycles. The average molecular weight is 187 g/mol. The summed E-state index contributed by atoms with van der Waals surface area (Å²) >= 11 is 0. The lowest BCUT2D eigenvalue weighted by Crippen LogP contribution is -2.43. The summed E-state index contributed by atoms with van der Waals surface area (Å²) in [5, 5.41) is 11.9. The minimum atomic E-state index is 0.176. The number of aliphatic hydroxyl groups excluding tert-OH is 1. The minimum absolute atomic E-state index is 0.176. The molecule has 0 spiro atoms. The Morgan fingerprint density at radius 3 is 2.54 bits per heavy atom. The van der Waals surface area contributed by atoms with E-state index in [1.807, 2.05) is 6.92 Å². The lowest BCUT2D eigenvalue weighted by atomic mass is 10.0. The van der Waals surface area contributed by atoms with E-state index < -0.39 is 0 Å². The lowest BCUT2D eigenvalue weighted by Gasteiger charge is -2.21. The molecule has 78 valence electrons. The number of rotatable bonds is 5. The van der Waals surface area contributed by atoms with E-state index in [1.54, 1.807) is 0 Å². The van der Waals surface area contributed by atoms with Crippen molar-refractivity contribution < 1.29 is 5.11 Å². The van der Waals surface area contributed by atoms with Crippen LogP contribution in [0.3, 0.4) is 0 Å². The second kappa shape index (κ2) is 6.71. The van der Waals surface area contributed by atoms with Crippen molar-refractivity contribution in [1.29, 1.82) is 0 Å². The second-order valence-corrected chi connectivity index (χ2v) is 3.37. The zero-order valence-electron chi connectivity index (χ0n) is 8.75. The van der Waals surface area contributed by atoms with Crippen LogP contribution in [0.5, 0.6) is 0 Å². The Balaban J connectivity index is 4.01. The summed E-state index contributed by atoms with van der Waals surface area (Å²) in [6, 6.07) is 0.209. The smallest absolute Gasteiger partial charge is 0.188 e. The average Bonchev–Trinajstić information content (AvgIpc) is 2.04. The standard InChI is InChI=1S/C9H21N3O/c1-4-11-9(10)12-8(5-6-13)7(2)3/h7-8,13H,4-6H2,1-3H3,(H3,10,11,12). The van der Waals surface area contributed by atoms with Gasteiger partial charge in [-0.15, -0.1) is 0 Å². The monoisotopic (exact) mass is 187 g/mol. The summed E-state index contributed by atoms with van der Waals surface area (Å²) in [4.78, 5) is 4.03. The molecule has 0 aliphatic rings. The predicted molar refractivity (Wildman–Crippen MR) is 55.6 cm³/mol. The number of guanidine groups is 1. The molecule has 0 aliphatic heterocycles. The van der Waals surface area contributed by atoms with Crippen molar-refractivity contribution in [2.45, 2.75) is 33.2 Å². The van der Waals surface area contributed by atoms with Crippen molar-refractivity contribution >= 4 is 5.96 Å². The second-order valence-electron chi connectivity index (χ2n) is 3.37. The van der Waals surface area contributed by atoms with Gasteiger partial charge in [0.25, 0.3) is 0 Å². The molecular weight excluding hydrogens is 166 g/mol. The van der Waals surface area contributed by atoms with Gasteiger partial charge >= 0.3 is 0 Å². The Hall–Kier alpha value is -0.770. The summed E-state index contributed by atoms with van der Waals surface area (Å²) in [5.74, 6) is 0.910. The predicted octanol–water partition coefficient (Wildman–Crippen LogP) is 0.318. The van der Waals surface area contributed by atoms with Crippen molar-refractivity contribution in [2.24, 2.45) is 16.6 Å². The van der Waals surface area contributed by atoms with Crippen LogP contribution in [0.25, 0.3) is 0 Å². The lowest BCUT2D eigenvalue weighted by molar-refractivity contribution is 0.254. The summed E-state index contributed by atoms with van der Waals surface area (Å²) < 4.78 is 0. The van der Waals surface area contributed by atoms with E-state index in [0.29, 0.717) is 24.8 Å². The van der Waals surface area contributed by atoms with E-state index in [4.69, 9.17) is 10.8 Å². The van der Waals surface area contributed by atoms with E-state index >= 15 is 0 Å². The van der Waals surface area contributed by atoms with E-state index in [-0.39, 0.29) is 12.6 Å². The fraction of sp³-hybridized carbons (Fsp3) is 0.889. The van der Waals surface area contributed by atoms with E-state index in [0.717, 1.165) is 0 Å². The van der Waals surface area contributed by atoms with Gasteiger partial charge in [-0.25, -0.2) is 0 Å². The van der Waals surface area contributed by atoms with Gasteiger partial charge in [-0.05, 0) is 19.3 Å². The minimum Gasteiger partial charge on any atom is -0.396 e. The van der Waals surface area contributed by atoms with Gasteiger partial charge in [0, 0.05) is 19.2 Å². The molecule has 4 N–H and O–H groups in total. The molecule has 0 amide bonds. The van der Waals surface area contributed by atoms with E-state index in [2.05, 4.69) is 24.2 Å². The molecule has 1 unspecified atom stereocenters. The Morgan fingerprint density at radius 2 is 2.15 bits per heavy atom. The fourth-order valence-corrected chi connectivity index (χ4v) is 1.12. The van der Waals surface area contributed by atoms with Gasteiger partial charge in [-0.3, -0.25) is 4.99 Å². The van der Waals surface area contributed by atoms with Crippen LogP contribution in [0.2, 0.25) is 0 Å². The van der Waals surface area contributed by atoms with Gasteiger partial charge in [0.15, 0.2) is 5.96 Å². The molecule has 0 heterocycles. The molecule has 4 heteroatoms. The maximum Gasteiger partial charge on any atom is 0.188 e. The van der Waals surface area contributed by atoms with Crippen LogP contribution in [0.15, 0.2) is 4.99 Å². The number of hydrogen-bond donors (Lipinski definition) is 3. The van der Waals surface area contributed by atoms with Gasteiger partial charge in [0.1, 0.15) is 0 Å². The maximum atomic E-state index is 8.81. The molecule has 0 saturated heterocycles. The van der Waals surface area contributed by atoms with Crippen molar-refractivity contribution in [3.8, 4) is 0 Å². The van der Waals surface area contributed by atoms with Crippen LogP contribution in [0.1, 0.15) is 27.2 Å². The quantitative estimate of drug-likeness (QED) is 0.429. The summed E-state index contributed by atoms with van der Waals surface area (Å²) in [6.45, 7) is 6.97. The van der Waals surface area contributed by atoms with Gasteiger partial charge in [0.05, 0.1) is 0 Å². The Bertz CT molecular complexity index is 157. The van der Waals surface area contributed by atoms with Crippen LogP contribution >= 0.6 is 0 Å². The highest BCUT2D eigenvalue weighted by Crippen LogP contribution is 2.04. The fourth-order valence-electron chi connectivity index (χ4n) is 1.12. The third kappa shape index (κ3) is 5.47. The van der Waals surface area contributed by atoms with Crippen molar-refractivity contribution in [3.63, 3.8) is 0 Å². The van der Waals surface area contributed by atoms with Gasteiger partial charge in [-0.2, -0.15) is 0 Å². The first-order chi connectivity index (χ1) is 6.11. The summed E-state index contributed by atoms with van der Waals surface area (Å²) in [7, 11) is 0. The number of nitrogens with one attached hydrogen (secondary N) is 1. The van der Waals surface area contributed by atoms with Crippen molar-refractivity contribution in [2.75, 3.05) is 13.2 Å². The van der Waals surface area contributed by atoms with Gasteiger partial charge < -0.3 is 16.2 Å². The normalized spacial score (nSPS) is 14.7. The number of nitrogens with zero attached hydrogens (tertiary/aromatic N) is 1. The van der Waals surface area contributed by atoms with Crippen LogP contribution in [-0.2, 0) is 0 Å². The third-order valence-corrected chi connectivity index (χ3v) is 1.91. The largest absolute Gasteiger partial charge is 0.396 e. The zero-order chi connectivity index (χ0) is 10.3. The SMILES string of the molecule is CCN=C(N)NC(CCO)C(C)C. The highest BCUT2D eigenvalue weighted by molar-refractivity contribution is 5.78. The molecule has 0 aromatic rings. The van der Waals surface area contributed by atoms with Crippen molar-refractivity contribution in [3.05, 3.63) is 0 Å². The molecule has 0 radical (unpaired) electrons. The molecule has 0 aromatic heterocycles. The molecule has 0 saturated carbocycles. The molecule has 4 nitrogen and oxygen atoms in total.